The molecule has 0 amide bonds. The molecule has 2 aliphatic heterocycles. The molecule has 92 valence electrons. The Hall–Kier alpha value is -1.29. The highest BCUT2D eigenvalue weighted by atomic mass is 19.1. The Morgan fingerprint density at radius 2 is 2.12 bits per heavy atom. The first-order valence-electron chi connectivity index (χ1n) is 6.28. The van der Waals surface area contributed by atoms with E-state index < -0.39 is 0 Å². The first-order valence-corrected chi connectivity index (χ1v) is 6.28. The SMILES string of the molecule is Nc1ccc(N2CCN3CCC[C@@H]3C2)c(F)c1. The zero-order chi connectivity index (χ0) is 11.8. The van der Waals surface area contributed by atoms with Crippen molar-refractivity contribution in [3.63, 3.8) is 0 Å². The van der Waals surface area contributed by atoms with Crippen LogP contribution in [0.2, 0.25) is 0 Å². The van der Waals surface area contributed by atoms with Crippen molar-refractivity contribution in [2.75, 3.05) is 36.8 Å². The van der Waals surface area contributed by atoms with Crippen molar-refractivity contribution in [1.82, 2.24) is 4.90 Å². The summed E-state index contributed by atoms with van der Waals surface area (Å²) >= 11 is 0. The Bertz CT molecular complexity index is 421. The molecule has 0 unspecified atom stereocenters. The van der Waals surface area contributed by atoms with Gasteiger partial charge >= 0.3 is 0 Å². The molecule has 0 aromatic heterocycles. The maximum Gasteiger partial charge on any atom is 0.148 e. The minimum Gasteiger partial charge on any atom is -0.399 e. The van der Waals surface area contributed by atoms with Gasteiger partial charge in [-0.15, -0.1) is 0 Å². The van der Waals surface area contributed by atoms with E-state index in [1.807, 2.05) is 0 Å². The fourth-order valence-corrected chi connectivity index (χ4v) is 2.99. The lowest BCUT2D eigenvalue weighted by molar-refractivity contribution is 0.230. The van der Waals surface area contributed by atoms with Gasteiger partial charge in [0.1, 0.15) is 5.82 Å². The van der Waals surface area contributed by atoms with Gasteiger partial charge in [-0.1, -0.05) is 0 Å². The van der Waals surface area contributed by atoms with Crippen LogP contribution in [0.15, 0.2) is 18.2 Å². The lowest BCUT2D eigenvalue weighted by atomic mass is 10.1. The van der Waals surface area contributed by atoms with Crippen LogP contribution in [-0.2, 0) is 0 Å². The standard InChI is InChI=1S/C13H18FN3/c14-12-8-10(15)3-4-13(12)17-7-6-16-5-1-2-11(16)9-17/h3-4,8,11H,1-2,5-7,9,15H2/t11-/m1/s1. The van der Waals surface area contributed by atoms with Crippen molar-refractivity contribution in [2.24, 2.45) is 0 Å². The number of piperazine rings is 1. The molecule has 1 aromatic rings. The Morgan fingerprint density at radius 3 is 2.94 bits per heavy atom. The van der Waals surface area contributed by atoms with Gasteiger partial charge in [-0.3, -0.25) is 4.90 Å². The number of fused-ring (bicyclic) bond motifs is 1. The van der Waals surface area contributed by atoms with E-state index in [1.54, 1.807) is 12.1 Å². The molecule has 0 radical (unpaired) electrons. The number of benzene rings is 1. The molecule has 2 heterocycles. The van der Waals surface area contributed by atoms with Crippen LogP contribution in [-0.4, -0.2) is 37.1 Å². The highest BCUT2D eigenvalue weighted by molar-refractivity contribution is 5.55. The average molecular weight is 235 g/mol. The van der Waals surface area contributed by atoms with E-state index in [2.05, 4.69) is 9.80 Å². The van der Waals surface area contributed by atoms with Crippen molar-refractivity contribution in [2.45, 2.75) is 18.9 Å². The second kappa shape index (κ2) is 4.18. The van der Waals surface area contributed by atoms with E-state index in [0.717, 1.165) is 19.6 Å². The molecule has 3 nitrogen and oxygen atoms in total. The van der Waals surface area contributed by atoms with Gasteiger partial charge in [-0.2, -0.15) is 0 Å². The first-order chi connectivity index (χ1) is 8.24. The van der Waals surface area contributed by atoms with Gasteiger partial charge in [0, 0.05) is 31.4 Å². The van der Waals surface area contributed by atoms with Crippen molar-refractivity contribution in [1.29, 1.82) is 0 Å². The molecule has 17 heavy (non-hydrogen) atoms. The van der Waals surface area contributed by atoms with Crippen molar-refractivity contribution >= 4 is 11.4 Å². The summed E-state index contributed by atoms with van der Waals surface area (Å²) in [7, 11) is 0. The van der Waals surface area contributed by atoms with Crippen LogP contribution < -0.4 is 10.6 Å². The molecule has 4 heteroatoms. The Kier molecular flexibility index (Phi) is 2.67. The molecule has 0 saturated carbocycles. The van der Waals surface area contributed by atoms with Gasteiger partial charge < -0.3 is 10.6 Å². The smallest absolute Gasteiger partial charge is 0.148 e. The van der Waals surface area contributed by atoms with Gasteiger partial charge in [0.25, 0.3) is 0 Å². The van der Waals surface area contributed by atoms with Crippen LogP contribution in [0.4, 0.5) is 15.8 Å². The lowest BCUT2D eigenvalue weighted by Gasteiger charge is -2.38. The monoisotopic (exact) mass is 235 g/mol. The average Bonchev–Trinajstić information content (AvgIpc) is 2.75. The van der Waals surface area contributed by atoms with E-state index >= 15 is 0 Å². The predicted octanol–water partition coefficient (Wildman–Crippen LogP) is 1.69. The van der Waals surface area contributed by atoms with E-state index in [-0.39, 0.29) is 5.82 Å². The van der Waals surface area contributed by atoms with Crippen LogP contribution in [0.1, 0.15) is 12.8 Å². The molecule has 1 atom stereocenters. The summed E-state index contributed by atoms with van der Waals surface area (Å²) in [6, 6.07) is 5.60. The molecule has 2 saturated heterocycles. The third kappa shape index (κ3) is 1.97. The minimum atomic E-state index is -0.198. The summed E-state index contributed by atoms with van der Waals surface area (Å²) in [4.78, 5) is 4.67. The zero-order valence-electron chi connectivity index (χ0n) is 9.90. The molecular weight excluding hydrogens is 217 g/mol. The number of hydrogen-bond donors (Lipinski definition) is 1. The molecule has 2 N–H and O–H groups in total. The Balaban J connectivity index is 1.80. The summed E-state index contributed by atoms with van der Waals surface area (Å²) in [6.07, 6.45) is 2.52. The van der Waals surface area contributed by atoms with E-state index in [1.165, 1.54) is 25.5 Å². The summed E-state index contributed by atoms with van der Waals surface area (Å²) in [6.45, 7) is 4.12. The topological polar surface area (TPSA) is 32.5 Å². The minimum absolute atomic E-state index is 0.198. The normalized spacial score (nSPS) is 25.0. The molecule has 0 aliphatic carbocycles. The third-order valence-corrected chi connectivity index (χ3v) is 3.90. The maximum absolute atomic E-state index is 13.8. The molecule has 2 fully saturated rings. The third-order valence-electron chi connectivity index (χ3n) is 3.90. The molecule has 3 rings (SSSR count). The Labute approximate surface area is 101 Å². The van der Waals surface area contributed by atoms with Gasteiger partial charge in [0.15, 0.2) is 0 Å². The van der Waals surface area contributed by atoms with Gasteiger partial charge in [-0.05, 0) is 37.6 Å². The highest BCUT2D eigenvalue weighted by Crippen LogP contribution is 2.27. The number of rotatable bonds is 1. The fourth-order valence-electron chi connectivity index (χ4n) is 2.99. The maximum atomic E-state index is 13.8. The summed E-state index contributed by atoms with van der Waals surface area (Å²) in [5.41, 5.74) is 6.77. The van der Waals surface area contributed by atoms with E-state index in [4.69, 9.17) is 5.73 Å². The van der Waals surface area contributed by atoms with Crippen LogP contribution in [0.3, 0.4) is 0 Å². The molecule has 0 spiro atoms. The Morgan fingerprint density at radius 1 is 1.24 bits per heavy atom. The molecule has 2 aliphatic rings. The van der Waals surface area contributed by atoms with E-state index in [9.17, 15) is 4.39 Å². The number of halogens is 1. The zero-order valence-corrected chi connectivity index (χ0v) is 9.90. The summed E-state index contributed by atoms with van der Waals surface area (Å²) in [5, 5.41) is 0. The molecular formula is C13H18FN3. The summed E-state index contributed by atoms with van der Waals surface area (Å²) in [5.74, 6) is -0.198. The molecule has 1 aromatic carbocycles. The quantitative estimate of drug-likeness (QED) is 0.752. The van der Waals surface area contributed by atoms with Crippen molar-refractivity contribution < 1.29 is 4.39 Å². The second-order valence-corrected chi connectivity index (χ2v) is 4.99. The largest absolute Gasteiger partial charge is 0.399 e. The van der Waals surface area contributed by atoms with Gasteiger partial charge in [0.05, 0.1) is 5.69 Å². The number of nitrogens with zero attached hydrogens (tertiary/aromatic N) is 2. The van der Waals surface area contributed by atoms with Crippen LogP contribution in [0, 0.1) is 5.82 Å². The number of nitrogen functional groups attached to an aromatic ring is 1. The number of nitrogens with two attached hydrogens (primary N) is 1. The fraction of sp³-hybridized carbons (Fsp3) is 0.538. The highest BCUT2D eigenvalue weighted by Gasteiger charge is 2.31. The summed E-state index contributed by atoms with van der Waals surface area (Å²) < 4.78 is 13.8. The van der Waals surface area contributed by atoms with Crippen molar-refractivity contribution in [3.05, 3.63) is 24.0 Å². The van der Waals surface area contributed by atoms with E-state index in [0.29, 0.717) is 17.4 Å². The van der Waals surface area contributed by atoms with Crippen LogP contribution >= 0.6 is 0 Å². The second-order valence-electron chi connectivity index (χ2n) is 4.99. The van der Waals surface area contributed by atoms with Gasteiger partial charge in [-0.25, -0.2) is 4.39 Å². The van der Waals surface area contributed by atoms with Crippen molar-refractivity contribution in [3.8, 4) is 0 Å². The van der Waals surface area contributed by atoms with Gasteiger partial charge in [0.2, 0.25) is 0 Å². The molecule has 0 bridgehead atoms. The lowest BCUT2D eigenvalue weighted by Crippen LogP contribution is -2.50. The first kappa shape index (κ1) is 10.8. The van der Waals surface area contributed by atoms with Crippen LogP contribution in [0.25, 0.3) is 0 Å². The van der Waals surface area contributed by atoms with Crippen LogP contribution in [0.5, 0.6) is 0 Å². The number of hydrogen-bond acceptors (Lipinski definition) is 3. The number of anilines is 2. The predicted molar refractivity (Wildman–Crippen MR) is 67.6 cm³/mol.